The monoisotopic (exact) mass is 559 g/mol. The van der Waals surface area contributed by atoms with E-state index < -0.39 is 0 Å². The molecule has 0 bridgehead atoms. The lowest BCUT2D eigenvalue weighted by Gasteiger charge is -2.39. The average molecular weight is 560 g/mol. The number of urea groups is 1. The molecule has 0 N–H and O–H groups in total. The second-order valence-corrected chi connectivity index (χ2v) is 11.7. The van der Waals surface area contributed by atoms with Gasteiger partial charge >= 0.3 is 6.03 Å². The van der Waals surface area contributed by atoms with Crippen molar-refractivity contribution in [2.24, 2.45) is 0 Å². The van der Waals surface area contributed by atoms with Crippen LogP contribution in [0.4, 0.5) is 10.6 Å². The fraction of sp³-hybridized carbons (Fsp3) is 0.467. The number of piperazine rings is 2. The molecule has 0 atom stereocenters. The van der Waals surface area contributed by atoms with Crippen molar-refractivity contribution in [3.63, 3.8) is 0 Å². The maximum absolute atomic E-state index is 13.2. The van der Waals surface area contributed by atoms with Gasteiger partial charge in [0, 0.05) is 89.5 Å². The Bertz CT molecular complexity index is 1260. The number of hydrogen-bond acceptors (Lipinski definition) is 7. The van der Waals surface area contributed by atoms with E-state index in [1.807, 2.05) is 50.5 Å². The van der Waals surface area contributed by atoms with Gasteiger partial charge in [0.1, 0.15) is 11.5 Å². The summed E-state index contributed by atoms with van der Waals surface area (Å²) in [4.78, 5) is 46.1. The molecule has 0 radical (unpaired) electrons. The number of thiazole rings is 1. The number of pyridine rings is 1. The molecule has 3 amide bonds. The zero-order valence-corrected chi connectivity index (χ0v) is 23.7. The van der Waals surface area contributed by atoms with Gasteiger partial charge in [-0.1, -0.05) is 36.4 Å². The third-order valence-corrected chi connectivity index (χ3v) is 9.29. The van der Waals surface area contributed by atoms with Crippen molar-refractivity contribution in [3.8, 4) is 0 Å². The maximum Gasteiger partial charge on any atom is 0.320 e. The number of likely N-dealkylation sites (tertiary alicyclic amines) is 1. The van der Waals surface area contributed by atoms with Gasteiger partial charge in [-0.15, -0.1) is 11.3 Å². The zero-order chi connectivity index (χ0) is 27.3. The van der Waals surface area contributed by atoms with Crippen LogP contribution in [0, 0.1) is 0 Å². The standard InChI is InChI=1S/C30H37N7O2S/c38-29(35-16-14-33(15-17-35)22-24-6-2-1-3-7-24)26-23-40-28(32-26)25-9-12-36(13-10-25)30(39)37-20-18-34(19-21-37)27-8-4-5-11-31-27/h1-8,11,23,25H,9-10,12-22H2. The van der Waals surface area contributed by atoms with Crippen molar-refractivity contribution >= 4 is 29.1 Å². The molecular weight excluding hydrogens is 522 g/mol. The van der Waals surface area contributed by atoms with Crippen LogP contribution in [0.15, 0.2) is 60.1 Å². The molecule has 40 heavy (non-hydrogen) atoms. The summed E-state index contributed by atoms with van der Waals surface area (Å²) < 4.78 is 0. The fourth-order valence-corrected chi connectivity index (χ4v) is 6.84. The lowest BCUT2D eigenvalue weighted by atomic mass is 9.98. The SMILES string of the molecule is O=C(c1csc(C2CCN(C(=O)N3CCN(c4ccccn4)CC3)CC2)n1)N1CCN(Cc2ccccc2)CC1. The largest absolute Gasteiger partial charge is 0.353 e. The van der Waals surface area contributed by atoms with Crippen LogP contribution in [0.5, 0.6) is 0 Å². The molecule has 3 aliphatic heterocycles. The molecule has 0 spiro atoms. The Morgan fingerprint density at radius 3 is 2.15 bits per heavy atom. The van der Waals surface area contributed by atoms with Crippen LogP contribution >= 0.6 is 11.3 Å². The van der Waals surface area contributed by atoms with Gasteiger partial charge in [-0.2, -0.15) is 0 Å². The number of rotatable bonds is 5. The van der Waals surface area contributed by atoms with E-state index in [1.165, 1.54) is 5.56 Å². The van der Waals surface area contributed by atoms with E-state index in [9.17, 15) is 9.59 Å². The summed E-state index contributed by atoms with van der Waals surface area (Å²) in [7, 11) is 0. The summed E-state index contributed by atoms with van der Waals surface area (Å²) in [5, 5.41) is 2.95. The smallest absolute Gasteiger partial charge is 0.320 e. The van der Waals surface area contributed by atoms with Crippen LogP contribution in [0.25, 0.3) is 0 Å². The molecule has 0 aliphatic carbocycles. The van der Waals surface area contributed by atoms with Crippen LogP contribution in [-0.4, -0.2) is 107 Å². The molecule has 5 heterocycles. The molecule has 3 fully saturated rings. The number of nitrogens with zero attached hydrogens (tertiary/aromatic N) is 7. The van der Waals surface area contributed by atoms with Crippen molar-refractivity contribution in [1.29, 1.82) is 0 Å². The molecule has 0 saturated carbocycles. The Hall–Kier alpha value is -3.50. The van der Waals surface area contributed by atoms with Gasteiger partial charge < -0.3 is 19.6 Å². The van der Waals surface area contributed by atoms with Crippen LogP contribution in [0.3, 0.4) is 0 Å². The summed E-state index contributed by atoms with van der Waals surface area (Å²) >= 11 is 1.59. The average Bonchev–Trinajstić information content (AvgIpc) is 3.52. The van der Waals surface area contributed by atoms with Crippen molar-refractivity contribution in [3.05, 3.63) is 76.4 Å². The predicted octanol–water partition coefficient (Wildman–Crippen LogP) is 3.62. The third kappa shape index (κ3) is 6.13. The van der Waals surface area contributed by atoms with Gasteiger partial charge in [-0.05, 0) is 30.5 Å². The number of carbonyl (C=O) groups excluding carboxylic acids is 2. The molecule has 3 aromatic rings. The predicted molar refractivity (Wildman–Crippen MR) is 157 cm³/mol. The van der Waals surface area contributed by atoms with Crippen LogP contribution in [0.1, 0.15) is 39.8 Å². The lowest BCUT2D eigenvalue weighted by Crippen LogP contribution is -2.54. The van der Waals surface area contributed by atoms with Crippen LogP contribution in [0.2, 0.25) is 0 Å². The van der Waals surface area contributed by atoms with E-state index in [1.54, 1.807) is 11.3 Å². The van der Waals surface area contributed by atoms with E-state index in [0.717, 1.165) is 82.6 Å². The van der Waals surface area contributed by atoms with Crippen molar-refractivity contribution in [1.82, 2.24) is 29.6 Å². The van der Waals surface area contributed by atoms with Gasteiger partial charge in [0.05, 0.1) is 5.01 Å². The van der Waals surface area contributed by atoms with E-state index in [2.05, 4.69) is 39.0 Å². The summed E-state index contributed by atoms with van der Waals surface area (Å²) in [6.45, 7) is 8.64. The molecule has 210 valence electrons. The molecule has 1 aromatic carbocycles. The molecule has 3 aliphatic rings. The minimum absolute atomic E-state index is 0.0410. The van der Waals surface area contributed by atoms with Crippen LogP contribution < -0.4 is 4.90 Å². The number of benzene rings is 1. The van der Waals surface area contributed by atoms with Crippen molar-refractivity contribution < 1.29 is 9.59 Å². The van der Waals surface area contributed by atoms with E-state index >= 15 is 0 Å². The molecule has 9 nitrogen and oxygen atoms in total. The fourth-order valence-electron chi connectivity index (χ4n) is 5.87. The normalized spacial score (nSPS) is 19.2. The van der Waals surface area contributed by atoms with Gasteiger partial charge in [-0.25, -0.2) is 14.8 Å². The number of amides is 3. The number of piperidine rings is 1. The Kier molecular flexibility index (Phi) is 8.24. The van der Waals surface area contributed by atoms with Gasteiger partial charge in [-0.3, -0.25) is 9.69 Å². The molecule has 3 saturated heterocycles. The summed E-state index contributed by atoms with van der Waals surface area (Å²) in [5.74, 6) is 1.32. The lowest BCUT2D eigenvalue weighted by molar-refractivity contribution is 0.0623. The number of aromatic nitrogens is 2. The quantitative estimate of drug-likeness (QED) is 0.476. The molecule has 2 aromatic heterocycles. The summed E-state index contributed by atoms with van der Waals surface area (Å²) in [6.07, 6.45) is 3.59. The maximum atomic E-state index is 13.2. The second kappa shape index (κ2) is 12.3. The molecule has 6 rings (SSSR count). The van der Waals surface area contributed by atoms with Crippen molar-refractivity contribution in [2.45, 2.75) is 25.3 Å². The van der Waals surface area contributed by atoms with Gasteiger partial charge in [0.2, 0.25) is 0 Å². The number of carbonyl (C=O) groups is 2. The zero-order valence-electron chi connectivity index (χ0n) is 22.9. The Morgan fingerprint density at radius 2 is 1.45 bits per heavy atom. The van der Waals surface area contributed by atoms with Crippen LogP contribution in [-0.2, 0) is 6.54 Å². The van der Waals surface area contributed by atoms with E-state index in [0.29, 0.717) is 24.7 Å². The first-order valence-electron chi connectivity index (χ1n) is 14.3. The Balaban J connectivity index is 0.952. The molecule has 0 unspecified atom stereocenters. The highest BCUT2D eigenvalue weighted by atomic mass is 32.1. The highest BCUT2D eigenvalue weighted by Crippen LogP contribution is 2.31. The molecular formula is C30H37N7O2S. The second-order valence-electron chi connectivity index (χ2n) is 10.8. The Morgan fingerprint density at radius 1 is 0.775 bits per heavy atom. The third-order valence-electron chi connectivity index (χ3n) is 8.29. The van der Waals surface area contributed by atoms with Gasteiger partial charge in [0.25, 0.3) is 5.91 Å². The first-order chi connectivity index (χ1) is 19.6. The minimum Gasteiger partial charge on any atom is -0.353 e. The first-order valence-corrected chi connectivity index (χ1v) is 15.2. The number of hydrogen-bond donors (Lipinski definition) is 0. The summed E-state index contributed by atoms with van der Waals surface area (Å²) in [6, 6.07) is 16.6. The molecule has 10 heteroatoms. The first kappa shape index (κ1) is 26.7. The highest BCUT2D eigenvalue weighted by molar-refractivity contribution is 7.09. The van der Waals surface area contributed by atoms with E-state index in [-0.39, 0.29) is 11.9 Å². The van der Waals surface area contributed by atoms with Crippen molar-refractivity contribution in [2.75, 3.05) is 70.3 Å². The minimum atomic E-state index is 0.0410. The topological polar surface area (TPSA) is 76.1 Å². The van der Waals surface area contributed by atoms with E-state index in [4.69, 9.17) is 4.98 Å². The highest BCUT2D eigenvalue weighted by Gasteiger charge is 2.31. The Labute approximate surface area is 240 Å². The van der Waals surface area contributed by atoms with Gasteiger partial charge in [0.15, 0.2) is 0 Å². The summed E-state index contributed by atoms with van der Waals surface area (Å²) in [5.41, 5.74) is 1.88. The number of anilines is 1.